The van der Waals surface area contributed by atoms with Gasteiger partial charge in [-0.2, -0.15) is 5.26 Å². The Kier molecular flexibility index (Phi) is 5.82. The molecule has 0 unspecified atom stereocenters. The monoisotopic (exact) mass is 352 g/mol. The first-order chi connectivity index (χ1) is 12.7. The van der Waals surface area contributed by atoms with Gasteiger partial charge in [0.1, 0.15) is 11.9 Å². The van der Waals surface area contributed by atoms with Crippen LogP contribution in [0.2, 0.25) is 0 Å². The SMILES string of the molecule is N#Cc1cc(F)ccc1NC(=O)N1CCN(CCc2ccccc2)CC1. The van der Waals surface area contributed by atoms with Crippen molar-refractivity contribution in [2.75, 3.05) is 38.0 Å². The number of hydrogen-bond donors (Lipinski definition) is 1. The number of nitrogens with one attached hydrogen (secondary N) is 1. The highest BCUT2D eigenvalue weighted by Gasteiger charge is 2.21. The zero-order valence-corrected chi connectivity index (χ0v) is 14.5. The fourth-order valence-electron chi connectivity index (χ4n) is 3.02. The molecule has 2 amide bonds. The number of anilines is 1. The van der Waals surface area contributed by atoms with Crippen LogP contribution in [0, 0.1) is 17.1 Å². The average Bonchev–Trinajstić information content (AvgIpc) is 2.69. The molecule has 0 aliphatic carbocycles. The lowest BCUT2D eigenvalue weighted by atomic mass is 10.1. The van der Waals surface area contributed by atoms with Crippen LogP contribution in [-0.4, -0.2) is 48.6 Å². The Morgan fingerprint density at radius 3 is 2.54 bits per heavy atom. The van der Waals surface area contributed by atoms with Crippen molar-refractivity contribution in [2.24, 2.45) is 0 Å². The molecule has 1 aliphatic rings. The Morgan fingerprint density at radius 2 is 1.85 bits per heavy atom. The third-order valence-electron chi connectivity index (χ3n) is 4.56. The molecule has 0 aromatic heterocycles. The molecule has 3 rings (SSSR count). The van der Waals surface area contributed by atoms with Gasteiger partial charge in [0, 0.05) is 32.7 Å². The van der Waals surface area contributed by atoms with Gasteiger partial charge in [-0.25, -0.2) is 9.18 Å². The molecule has 1 N–H and O–H groups in total. The summed E-state index contributed by atoms with van der Waals surface area (Å²) in [6, 6.07) is 15.8. The van der Waals surface area contributed by atoms with Crippen molar-refractivity contribution in [1.29, 1.82) is 5.26 Å². The van der Waals surface area contributed by atoms with Gasteiger partial charge in [-0.3, -0.25) is 4.90 Å². The van der Waals surface area contributed by atoms with Crippen molar-refractivity contribution in [1.82, 2.24) is 9.80 Å². The van der Waals surface area contributed by atoms with Gasteiger partial charge in [-0.15, -0.1) is 0 Å². The molecule has 0 bridgehead atoms. The first kappa shape index (κ1) is 17.9. The largest absolute Gasteiger partial charge is 0.322 e. The summed E-state index contributed by atoms with van der Waals surface area (Å²) in [4.78, 5) is 16.5. The molecule has 2 aromatic carbocycles. The van der Waals surface area contributed by atoms with Crippen molar-refractivity contribution < 1.29 is 9.18 Å². The molecule has 2 aromatic rings. The lowest BCUT2D eigenvalue weighted by molar-refractivity contribution is 0.148. The Morgan fingerprint density at radius 1 is 1.12 bits per heavy atom. The molecule has 26 heavy (non-hydrogen) atoms. The fraction of sp³-hybridized carbons (Fsp3) is 0.300. The smallest absolute Gasteiger partial charge is 0.321 e. The molecule has 0 spiro atoms. The quantitative estimate of drug-likeness (QED) is 0.920. The van der Waals surface area contributed by atoms with Crippen LogP contribution in [0.4, 0.5) is 14.9 Å². The van der Waals surface area contributed by atoms with Crippen molar-refractivity contribution in [2.45, 2.75) is 6.42 Å². The molecule has 1 aliphatic heterocycles. The van der Waals surface area contributed by atoms with Crippen LogP contribution < -0.4 is 5.32 Å². The molecule has 1 fully saturated rings. The van der Waals surface area contributed by atoms with E-state index in [2.05, 4.69) is 22.3 Å². The first-order valence-corrected chi connectivity index (χ1v) is 8.67. The van der Waals surface area contributed by atoms with Crippen LogP contribution in [0.15, 0.2) is 48.5 Å². The summed E-state index contributed by atoms with van der Waals surface area (Å²) < 4.78 is 13.2. The summed E-state index contributed by atoms with van der Waals surface area (Å²) in [5, 5.41) is 11.8. The van der Waals surface area contributed by atoms with Gasteiger partial charge in [0.25, 0.3) is 0 Å². The minimum Gasteiger partial charge on any atom is -0.322 e. The summed E-state index contributed by atoms with van der Waals surface area (Å²) in [6.45, 7) is 3.85. The second-order valence-electron chi connectivity index (χ2n) is 6.30. The van der Waals surface area contributed by atoms with Crippen molar-refractivity contribution in [3.63, 3.8) is 0 Å². The van der Waals surface area contributed by atoms with E-state index in [0.717, 1.165) is 32.1 Å². The molecule has 134 valence electrons. The van der Waals surface area contributed by atoms with E-state index in [1.165, 1.54) is 17.7 Å². The topological polar surface area (TPSA) is 59.4 Å². The summed E-state index contributed by atoms with van der Waals surface area (Å²) in [5.41, 5.74) is 1.78. The number of nitriles is 1. The molecule has 5 nitrogen and oxygen atoms in total. The number of rotatable bonds is 4. The first-order valence-electron chi connectivity index (χ1n) is 8.67. The van der Waals surface area contributed by atoms with Crippen LogP contribution >= 0.6 is 0 Å². The van der Waals surface area contributed by atoms with Gasteiger partial charge < -0.3 is 10.2 Å². The molecule has 0 atom stereocenters. The summed E-state index contributed by atoms with van der Waals surface area (Å²) >= 11 is 0. The molecule has 0 radical (unpaired) electrons. The maximum absolute atomic E-state index is 13.2. The molecule has 6 heteroatoms. The maximum atomic E-state index is 13.2. The third kappa shape index (κ3) is 4.58. The number of carbonyl (C=O) groups is 1. The van der Waals surface area contributed by atoms with E-state index in [1.807, 2.05) is 24.3 Å². The van der Waals surface area contributed by atoms with E-state index in [9.17, 15) is 9.18 Å². The molecule has 0 saturated carbocycles. The summed E-state index contributed by atoms with van der Waals surface area (Å²) in [6.07, 6.45) is 0.994. The lowest BCUT2D eigenvalue weighted by Crippen LogP contribution is -2.50. The van der Waals surface area contributed by atoms with Gasteiger partial charge in [0.05, 0.1) is 11.3 Å². The zero-order chi connectivity index (χ0) is 18.4. The van der Waals surface area contributed by atoms with E-state index in [0.29, 0.717) is 18.8 Å². The molecule has 1 heterocycles. The van der Waals surface area contributed by atoms with Crippen molar-refractivity contribution >= 4 is 11.7 Å². The van der Waals surface area contributed by atoms with Crippen molar-refractivity contribution in [3.05, 3.63) is 65.5 Å². The van der Waals surface area contributed by atoms with E-state index >= 15 is 0 Å². The normalized spacial score (nSPS) is 14.7. The highest BCUT2D eigenvalue weighted by atomic mass is 19.1. The second kappa shape index (κ2) is 8.45. The second-order valence-corrected chi connectivity index (χ2v) is 6.30. The lowest BCUT2D eigenvalue weighted by Gasteiger charge is -2.34. The van der Waals surface area contributed by atoms with Gasteiger partial charge >= 0.3 is 6.03 Å². The standard InChI is InChI=1S/C20H21FN4O/c21-18-6-7-19(17(14-18)15-22)23-20(26)25-12-10-24(11-13-25)9-8-16-4-2-1-3-5-16/h1-7,14H,8-13H2,(H,23,26). The number of carbonyl (C=O) groups excluding carboxylic acids is 1. The van der Waals surface area contributed by atoms with E-state index in [-0.39, 0.29) is 11.6 Å². The number of benzene rings is 2. The number of hydrogen-bond acceptors (Lipinski definition) is 3. The summed E-state index contributed by atoms with van der Waals surface area (Å²) in [7, 11) is 0. The number of urea groups is 1. The average molecular weight is 352 g/mol. The van der Waals surface area contributed by atoms with Gasteiger partial charge in [-0.05, 0) is 30.2 Å². The molecule has 1 saturated heterocycles. The minimum atomic E-state index is -0.494. The number of piperazine rings is 1. The van der Waals surface area contributed by atoms with Crippen LogP contribution in [0.25, 0.3) is 0 Å². The van der Waals surface area contributed by atoms with Crippen LogP contribution in [0.1, 0.15) is 11.1 Å². The maximum Gasteiger partial charge on any atom is 0.321 e. The fourth-order valence-corrected chi connectivity index (χ4v) is 3.02. The van der Waals surface area contributed by atoms with E-state index in [4.69, 9.17) is 5.26 Å². The van der Waals surface area contributed by atoms with E-state index in [1.54, 1.807) is 4.90 Å². The molecular formula is C20H21FN4O. The Hall–Kier alpha value is -2.91. The number of halogens is 1. The number of amides is 2. The number of nitrogens with zero attached hydrogens (tertiary/aromatic N) is 3. The highest BCUT2D eigenvalue weighted by Crippen LogP contribution is 2.17. The van der Waals surface area contributed by atoms with Gasteiger partial charge in [0.2, 0.25) is 0 Å². The zero-order valence-electron chi connectivity index (χ0n) is 14.5. The van der Waals surface area contributed by atoms with Crippen LogP contribution in [-0.2, 0) is 6.42 Å². The third-order valence-corrected chi connectivity index (χ3v) is 4.56. The van der Waals surface area contributed by atoms with E-state index < -0.39 is 5.82 Å². The van der Waals surface area contributed by atoms with Gasteiger partial charge in [0.15, 0.2) is 0 Å². The summed E-state index contributed by atoms with van der Waals surface area (Å²) in [5.74, 6) is -0.494. The van der Waals surface area contributed by atoms with Crippen LogP contribution in [0.3, 0.4) is 0 Å². The predicted molar refractivity (Wildman–Crippen MR) is 98.3 cm³/mol. The Labute approximate surface area is 152 Å². The van der Waals surface area contributed by atoms with Gasteiger partial charge in [-0.1, -0.05) is 30.3 Å². The predicted octanol–water partition coefficient (Wildman–Crippen LogP) is 3.09. The van der Waals surface area contributed by atoms with Crippen LogP contribution in [0.5, 0.6) is 0 Å². The molecular weight excluding hydrogens is 331 g/mol. The van der Waals surface area contributed by atoms with Crippen molar-refractivity contribution in [3.8, 4) is 6.07 Å². The Balaban J connectivity index is 1.49. The highest BCUT2D eigenvalue weighted by molar-refractivity contribution is 5.90. The minimum absolute atomic E-state index is 0.125. The Bertz CT molecular complexity index is 795.